The Hall–Kier alpha value is -1.09. The van der Waals surface area contributed by atoms with Crippen LogP contribution in [-0.4, -0.2) is 18.2 Å². The standard InChI is InChI=1S/C16H24FNO/c1-11-5-4-6-14(9-11)18(3)16-8-7-13(12(2)19)10-15(16)17/h7-8,10-12,14,19H,4-6,9H2,1-3H3. The summed E-state index contributed by atoms with van der Waals surface area (Å²) in [6.07, 6.45) is 4.16. The highest BCUT2D eigenvalue weighted by atomic mass is 19.1. The summed E-state index contributed by atoms with van der Waals surface area (Å²) in [5, 5.41) is 9.48. The van der Waals surface area contributed by atoms with Crippen LogP contribution in [0, 0.1) is 11.7 Å². The second-order valence-corrected chi connectivity index (χ2v) is 5.92. The van der Waals surface area contributed by atoms with Crippen molar-refractivity contribution >= 4 is 5.69 Å². The minimum atomic E-state index is -0.622. The quantitative estimate of drug-likeness (QED) is 0.896. The third-order valence-corrected chi connectivity index (χ3v) is 4.29. The predicted octanol–water partition coefficient (Wildman–Crippen LogP) is 3.89. The third-order valence-electron chi connectivity index (χ3n) is 4.29. The van der Waals surface area contributed by atoms with Gasteiger partial charge in [-0.25, -0.2) is 4.39 Å². The Morgan fingerprint density at radius 2 is 2.11 bits per heavy atom. The minimum absolute atomic E-state index is 0.237. The van der Waals surface area contributed by atoms with Crippen LogP contribution in [0.4, 0.5) is 10.1 Å². The van der Waals surface area contributed by atoms with E-state index in [1.54, 1.807) is 13.0 Å². The van der Waals surface area contributed by atoms with Crippen LogP contribution in [-0.2, 0) is 0 Å². The van der Waals surface area contributed by atoms with Gasteiger partial charge in [-0.05, 0) is 43.4 Å². The lowest BCUT2D eigenvalue weighted by molar-refractivity contribution is 0.199. The molecule has 0 heterocycles. The van der Waals surface area contributed by atoms with Crippen LogP contribution in [0.3, 0.4) is 0 Å². The average Bonchev–Trinajstić information content (AvgIpc) is 2.37. The molecule has 1 aromatic carbocycles. The lowest BCUT2D eigenvalue weighted by Gasteiger charge is -2.35. The van der Waals surface area contributed by atoms with Crippen molar-refractivity contribution in [2.24, 2.45) is 5.92 Å². The van der Waals surface area contributed by atoms with Gasteiger partial charge >= 0.3 is 0 Å². The van der Waals surface area contributed by atoms with Crippen molar-refractivity contribution in [3.63, 3.8) is 0 Å². The van der Waals surface area contributed by atoms with Crippen molar-refractivity contribution in [3.05, 3.63) is 29.6 Å². The molecule has 106 valence electrons. The van der Waals surface area contributed by atoms with Crippen LogP contribution in [0.25, 0.3) is 0 Å². The second kappa shape index (κ2) is 5.91. The highest BCUT2D eigenvalue weighted by Gasteiger charge is 2.24. The zero-order valence-electron chi connectivity index (χ0n) is 12.1. The molecule has 1 N–H and O–H groups in total. The Morgan fingerprint density at radius 1 is 1.37 bits per heavy atom. The summed E-state index contributed by atoms with van der Waals surface area (Å²) in [6.45, 7) is 3.92. The average molecular weight is 265 g/mol. The van der Waals surface area contributed by atoms with Gasteiger partial charge in [0.2, 0.25) is 0 Å². The summed E-state index contributed by atoms with van der Waals surface area (Å²) in [5.41, 5.74) is 1.27. The number of hydrogen-bond acceptors (Lipinski definition) is 2. The van der Waals surface area contributed by atoms with Crippen LogP contribution in [0.15, 0.2) is 18.2 Å². The number of hydrogen-bond donors (Lipinski definition) is 1. The molecule has 1 aromatic rings. The van der Waals surface area contributed by atoms with Crippen molar-refractivity contribution in [3.8, 4) is 0 Å². The van der Waals surface area contributed by atoms with Gasteiger partial charge in [-0.1, -0.05) is 25.8 Å². The van der Waals surface area contributed by atoms with Gasteiger partial charge in [0.15, 0.2) is 0 Å². The summed E-state index contributed by atoms with van der Waals surface area (Å²) in [7, 11) is 1.98. The van der Waals surface area contributed by atoms with Gasteiger partial charge < -0.3 is 10.0 Å². The van der Waals surface area contributed by atoms with Crippen molar-refractivity contribution in [2.45, 2.75) is 51.7 Å². The smallest absolute Gasteiger partial charge is 0.146 e. The molecule has 2 rings (SSSR count). The van der Waals surface area contributed by atoms with E-state index < -0.39 is 6.10 Å². The van der Waals surface area contributed by atoms with E-state index in [4.69, 9.17) is 0 Å². The molecule has 3 atom stereocenters. The lowest BCUT2D eigenvalue weighted by atomic mass is 9.86. The van der Waals surface area contributed by atoms with E-state index in [0.717, 1.165) is 18.8 Å². The normalized spacial score (nSPS) is 25.1. The first-order chi connectivity index (χ1) is 8.99. The highest BCUT2D eigenvalue weighted by Crippen LogP contribution is 2.31. The van der Waals surface area contributed by atoms with Gasteiger partial charge in [0.25, 0.3) is 0 Å². The van der Waals surface area contributed by atoms with Crippen LogP contribution in [0.5, 0.6) is 0 Å². The number of benzene rings is 1. The zero-order chi connectivity index (χ0) is 14.0. The molecule has 0 aromatic heterocycles. The predicted molar refractivity (Wildman–Crippen MR) is 76.9 cm³/mol. The van der Waals surface area contributed by atoms with E-state index in [9.17, 15) is 9.50 Å². The number of aliphatic hydroxyl groups is 1. The maximum absolute atomic E-state index is 14.2. The van der Waals surface area contributed by atoms with Crippen molar-refractivity contribution in [1.29, 1.82) is 0 Å². The number of aliphatic hydroxyl groups excluding tert-OH is 1. The largest absolute Gasteiger partial charge is 0.389 e. The van der Waals surface area contributed by atoms with E-state index >= 15 is 0 Å². The van der Waals surface area contributed by atoms with Gasteiger partial charge in [0.05, 0.1) is 11.8 Å². The van der Waals surface area contributed by atoms with Crippen LogP contribution >= 0.6 is 0 Å². The molecule has 1 fully saturated rings. The summed E-state index contributed by atoms with van der Waals surface area (Å²) >= 11 is 0. The van der Waals surface area contributed by atoms with Crippen molar-refractivity contribution in [2.75, 3.05) is 11.9 Å². The highest BCUT2D eigenvalue weighted by molar-refractivity contribution is 5.49. The molecule has 1 aliphatic rings. The first-order valence-electron chi connectivity index (χ1n) is 7.19. The maximum atomic E-state index is 14.2. The Balaban J connectivity index is 2.16. The second-order valence-electron chi connectivity index (χ2n) is 5.92. The topological polar surface area (TPSA) is 23.5 Å². The van der Waals surface area contributed by atoms with Crippen molar-refractivity contribution < 1.29 is 9.50 Å². The summed E-state index contributed by atoms with van der Waals surface area (Å²) < 4.78 is 14.2. The molecular weight excluding hydrogens is 241 g/mol. The monoisotopic (exact) mass is 265 g/mol. The van der Waals surface area contributed by atoms with Crippen molar-refractivity contribution in [1.82, 2.24) is 0 Å². The van der Waals surface area contributed by atoms with Gasteiger partial charge in [-0.15, -0.1) is 0 Å². The molecule has 1 saturated carbocycles. The molecule has 3 unspecified atom stereocenters. The molecule has 0 amide bonds. The van der Waals surface area contributed by atoms with E-state index in [0.29, 0.717) is 17.3 Å². The van der Waals surface area contributed by atoms with Gasteiger partial charge in [-0.2, -0.15) is 0 Å². The molecule has 2 nitrogen and oxygen atoms in total. The van der Waals surface area contributed by atoms with E-state index in [1.807, 2.05) is 13.1 Å². The van der Waals surface area contributed by atoms with Gasteiger partial charge in [0, 0.05) is 13.1 Å². The number of rotatable bonds is 3. The van der Waals surface area contributed by atoms with E-state index in [-0.39, 0.29) is 5.82 Å². The van der Waals surface area contributed by atoms with Crippen LogP contribution < -0.4 is 4.90 Å². The zero-order valence-corrected chi connectivity index (χ0v) is 12.1. The fourth-order valence-corrected chi connectivity index (χ4v) is 3.02. The first-order valence-corrected chi connectivity index (χ1v) is 7.19. The van der Waals surface area contributed by atoms with E-state index in [2.05, 4.69) is 11.8 Å². The first kappa shape index (κ1) is 14.3. The summed E-state index contributed by atoms with van der Waals surface area (Å²) in [6, 6.07) is 5.47. The Bertz CT molecular complexity index is 433. The Morgan fingerprint density at radius 3 is 2.68 bits per heavy atom. The number of nitrogens with zero attached hydrogens (tertiary/aromatic N) is 1. The molecular formula is C16H24FNO. The molecule has 19 heavy (non-hydrogen) atoms. The Labute approximate surface area is 115 Å². The third kappa shape index (κ3) is 3.27. The molecule has 0 spiro atoms. The summed E-state index contributed by atoms with van der Waals surface area (Å²) in [4.78, 5) is 2.07. The SMILES string of the molecule is CC1CCCC(N(C)c2ccc(C(C)O)cc2F)C1. The van der Waals surface area contributed by atoms with E-state index in [1.165, 1.54) is 18.9 Å². The van der Waals surface area contributed by atoms with Gasteiger partial charge in [-0.3, -0.25) is 0 Å². The number of halogens is 1. The molecule has 0 bridgehead atoms. The van der Waals surface area contributed by atoms with Gasteiger partial charge in [0.1, 0.15) is 5.82 Å². The summed E-state index contributed by atoms with van der Waals surface area (Å²) in [5.74, 6) is 0.486. The Kier molecular flexibility index (Phi) is 4.46. The molecule has 1 aliphatic carbocycles. The molecule has 3 heteroatoms. The van der Waals surface area contributed by atoms with Crippen LogP contribution in [0.1, 0.15) is 51.2 Å². The number of anilines is 1. The minimum Gasteiger partial charge on any atom is -0.389 e. The van der Waals surface area contributed by atoms with Crippen LogP contribution in [0.2, 0.25) is 0 Å². The molecule has 0 radical (unpaired) electrons. The lowest BCUT2D eigenvalue weighted by Crippen LogP contribution is -2.36. The molecule has 0 aliphatic heterocycles. The maximum Gasteiger partial charge on any atom is 0.146 e. The molecule has 0 saturated heterocycles. The fraction of sp³-hybridized carbons (Fsp3) is 0.625. The fourth-order valence-electron chi connectivity index (χ4n) is 3.02.